The highest BCUT2D eigenvalue weighted by atomic mass is 16.7. The van der Waals surface area contributed by atoms with Crippen LogP contribution in [0.15, 0.2) is 30.3 Å². The predicted octanol–water partition coefficient (Wildman–Crippen LogP) is -1.69. The van der Waals surface area contributed by atoms with Crippen LogP contribution in [0.2, 0.25) is 0 Å². The number of ether oxygens (including phenoxy) is 1. The molecular formula is C12H16O6. The molecule has 0 unspecified atom stereocenters. The fourth-order valence-corrected chi connectivity index (χ4v) is 2.07. The topological polar surface area (TPSA) is 110 Å². The van der Waals surface area contributed by atoms with Crippen molar-refractivity contribution in [3.8, 4) is 0 Å². The van der Waals surface area contributed by atoms with Gasteiger partial charge in [-0.3, -0.25) is 0 Å². The summed E-state index contributed by atoms with van der Waals surface area (Å²) in [5, 5.41) is 48.5. The van der Waals surface area contributed by atoms with Gasteiger partial charge in [0, 0.05) is 5.56 Å². The number of aliphatic hydroxyl groups excluding tert-OH is 4. The Balaban J connectivity index is 2.37. The van der Waals surface area contributed by atoms with Crippen molar-refractivity contribution in [3.05, 3.63) is 35.9 Å². The van der Waals surface area contributed by atoms with E-state index in [2.05, 4.69) is 0 Å². The molecule has 1 aliphatic rings. The molecule has 1 fully saturated rings. The second kappa shape index (κ2) is 4.93. The minimum atomic E-state index is -2.16. The number of hydrogen-bond donors (Lipinski definition) is 5. The van der Waals surface area contributed by atoms with Crippen LogP contribution in [-0.4, -0.2) is 56.6 Å². The molecule has 0 saturated carbocycles. The third kappa shape index (κ3) is 2.03. The van der Waals surface area contributed by atoms with Crippen LogP contribution in [0, 0.1) is 0 Å². The lowest BCUT2D eigenvalue weighted by Gasteiger charge is -2.45. The van der Waals surface area contributed by atoms with Crippen LogP contribution in [0.3, 0.4) is 0 Å². The van der Waals surface area contributed by atoms with Crippen LogP contribution in [0.5, 0.6) is 0 Å². The summed E-state index contributed by atoms with van der Waals surface area (Å²) in [5.41, 5.74) is 0.238. The lowest BCUT2D eigenvalue weighted by atomic mass is 9.88. The van der Waals surface area contributed by atoms with Gasteiger partial charge in [0.2, 0.25) is 5.79 Å². The van der Waals surface area contributed by atoms with Crippen molar-refractivity contribution >= 4 is 0 Å². The van der Waals surface area contributed by atoms with Crippen LogP contribution in [0.25, 0.3) is 0 Å². The van der Waals surface area contributed by atoms with Gasteiger partial charge in [0.15, 0.2) is 0 Å². The van der Waals surface area contributed by atoms with E-state index in [-0.39, 0.29) is 5.56 Å². The third-order valence-electron chi connectivity index (χ3n) is 3.15. The Labute approximate surface area is 104 Å². The van der Waals surface area contributed by atoms with Gasteiger partial charge < -0.3 is 30.3 Å². The summed E-state index contributed by atoms with van der Waals surface area (Å²) in [4.78, 5) is 0. The van der Waals surface area contributed by atoms with E-state index in [1.165, 1.54) is 12.1 Å². The average Bonchev–Trinajstić information content (AvgIpc) is 2.41. The lowest BCUT2D eigenvalue weighted by Crippen LogP contribution is -2.63. The molecule has 5 atom stereocenters. The van der Waals surface area contributed by atoms with Crippen LogP contribution in [0.4, 0.5) is 0 Å². The quantitative estimate of drug-likeness (QED) is 0.431. The van der Waals surface area contributed by atoms with Crippen LogP contribution in [0.1, 0.15) is 5.56 Å². The van der Waals surface area contributed by atoms with Gasteiger partial charge in [0.05, 0.1) is 6.61 Å². The summed E-state index contributed by atoms with van der Waals surface area (Å²) in [5.74, 6) is -2.16. The summed E-state index contributed by atoms with van der Waals surface area (Å²) < 4.78 is 5.15. The summed E-state index contributed by atoms with van der Waals surface area (Å²) in [6.45, 7) is -0.583. The van der Waals surface area contributed by atoms with E-state index in [9.17, 15) is 20.4 Å². The number of rotatable bonds is 2. The first-order chi connectivity index (χ1) is 8.50. The van der Waals surface area contributed by atoms with Crippen molar-refractivity contribution in [2.45, 2.75) is 30.2 Å². The molecule has 0 spiro atoms. The second-order valence-electron chi connectivity index (χ2n) is 4.33. The Hall–Kier alpha value is -1.02. The van der Waals surface area contributed by atoms with E-state index in [4.69, 9.17) is 9.84 Å². The molecule has 0 aliphatic carbocycles. The molecule has 1 aromatic rings. The molecule has 6 heteroatoms. The van der Waals surface area contributed by atoms with Crippen molar-refractivity contribution in [1.29, 1.82) is 0 Å². The van der Waals surface area contributed by atoms with E-state index in [0.717, 1.165) is 0 Å². The maximum absolute atomic E-state index is 10.3. The molecular weight excluding hydrogens is 240 g/mol. The van der Waals surface area contributed by atoms with Crippen LogP contribution in [-0.2, 0) is 10.5 Å². The Morgan fingerprint density at radius 3 is 2.22 bits per heavy atom. The monoisotopic (exact) mass is 256 g/mol. The summed E-state index contributed by atoms with van der Waals surface area (Å²) in [7, 11) is 0. The van der Waals surface area contributed by atoms with Gasteiger partial charge >= 0.3 is 0 Å². The molecule has 0 bridgehead atoms. The summed E-state index contributed by atoms with van der Waals surface area (Å²) in [6, 6.07) is 8.02. The van der Waals surface area contributed by atoms with Gasteiger partial charge in [-0.2, -0.15) is 0 Å². The number of benzene rings is 1. The first kappa shape index (κ1) is 13.4. The van der Waals surface area contributed by atoms with Crippen molar-refractivity contribution in [1.82, 2.24) is 0 Å². The summed E-state index contributed by atoms with van der Waals surface area (Å²) in [6.07, 6.45) is -5.96. The normalized spacial score (nSPS) is 40.7. The smallest absolute Gasteiger partial charge is 0.222 e. The minimum absolute atomic E-state index is 0.238. The highest BCUT2D eigenvalue weighted by Crippen LogP contribution is 2.35. The van der Waals surface area contributed by atoms with Crippen LogP contribution < -0.4 is 0 Å². The van der Waals surface area contributed by atoms with Crippen molar-refractivity contribution < 1.29 is 30.3 Å². The standard InChI is InChI=1S/C12H16O6/c13-6-8-9(14)10(15)11(16)12(17,18-8)7-4-2-1-3-5-7/h1-5,8-11,13-17H,6H2/t8-,9+,10+,11-,12+/m1/s1. The fraction of sp³-hybridized carbons (Fsp3) is 0.500. The number of aliphatic hydroxyl groups is 5. The van der Waals surface area contributed by atoms with E-state index < -0.39 is 36.8 Å². The first-order valence-corrected chi connectivity index (χ1v) is 5.61. The van der Waals surface area contributed by atoms with Gasteiger partial charge in [-0.25, -0.2) is 0 Å². The minimum Gasteiger partial charge on any atom is -0.394 e. The van der Waals surface area contributed by atoms with E-state index in [1.807, 2.05) is 0 Å². The Bertz CT molecular complexity index is 395. The highest BCUT2D eigenvalue weighted by Gasteiger charge is 2.53. The maximum atomic E-state index is 10.3. The van der Waals surface area contributed by atoms with E-state index in [1.54, 1.807) is 18.2 Å². The molecule has 1 aliphatic heterocycles. The van der Waals surface area contributed by atoms with Crippen molar-refractivity contribution in [2.24, 2.45) is 0 Å². The van der Waals surface area contributed by atoms with Gasteiger partial charge in [-0.15, -0.1) is 0 Å². The largest absolute Gasteiger partial charge is 0.394 e. The molecule has 5 N–H and O–H groups in total. The Morgan fingerprint density at radius 1 is 1.06 bits per heavy atom. The zero-order valence-corrected chi connectivity index (χ0v) is 9.55. The second-order valence-corrected chi connectivity index (χ2v) is 4.33. The zero-order valence-electron chi connectivity index (χ0n) is 9.55. The zero-order chi connectivity index (χ0) is 13.3. The molecule has 100 valence electrons. The molecule has 1 heterocycles. The lowest BCUT2D eigenvalue weighted by molar-refractivity contribution is -0.357. The molecule has 6 nitrogen and oxygen atoms in total. The van der Waals surface area contributed by atoms with Gasteiger partial charge in [0.25, 0.3) is 0 Å². The fourth-order valence-electron chi connectivity index (χ4n) is 2.07. The Kier molecular flexibility index (Phi) is 3.67. The van der Waals surface area contributed by atoms with Crippen molar-refractivity contribution in [2.75, 3.05) is 6.61 Å². The molecule has 1 aromatic carbocycles. The average molecular weight is 256 g/mol. The van der Waals surface area contributed by atoms with Crippen LogP contribution >= 0.6 is 0 Å². The Morgan fingerprint density at radius 2 is 1.67 bits per heavy atom. The van der Waals surface area contributed by atoms with Crippen molar-refractivity contribution in [3.63, 3.8) is 0 Å². The molecule has 2 rings (SSSR count). The third-order valence-corrected chi connectivity index (χ3v) is 3.15. The molecule has 18 heavy (non-hydrogen) atoms. The maximum Gasteiger partial charge on any atom is 0.222 e. The highest BCUT2D eigenvalue weighted by molar-refractivity contribution is 5.23. The van der Waals surface area contributed by atoms with Gasteiger partial charge in [-0.05, 0) is 0 Å². The predicted molar refractivity (Wildman–Crippen MR) is 60.3 cm³/mol. The molecule has 0 aromatic heterocycles. The first-order valence-electron chi connectivity index (χ1n) is 5.61. The molecule has 0 radical (unpaired) electrons. The van der Waals surface area contributed by atoms with Gasteiger partial charge in [-0.1, -0.05) is 30.3 Å². The molecule has 1 saturated heterocycles. The SMILES string of the molecule is OC[C@H]1O[C@@](O)(c2ccccc2)[C@H](O)[C@@H](O)[C@H]1O. The number of hydrogen-bond acceptors (Lipinski definition) is 6. The molecule has 0 amide bonds. The van der Waals surface area contributed by atoms with Gasteiger partial charge in [0.1, 0.15) is 24.4 Å². The van der Waals surface area contributed by atoms with E-state index >= 15 is 0 Å². The summed E-state index contributed by atoms with van der Waals surface area (Å²) >= 11 is 0. The van der Waals surface area contributed by atoms with E-state index in [0.29, 0.717) is 0 Å².